The molecule has 1 fully saturated rings. The van der Waals surface area contributed by atoms with Gasteiger partial charge in [0.1, 0.15) is 5.78 Å². The maximum Gasteiger partial charge on any atom is 0.140 e. The van der Waals surface area contributed by atoms with Gasteiger partial charge in [0.05, 0.1) is 0 Å². The Morgan fingerprint density at radius 1 is 1.06 bits per heavy atom. The standard InChI is InChI=1S/C16H22O/c1-2-13-8-10-14(11-9-13)12-16(17)15-6-4-3-5-7-15/h8-11,15H,2-7,12H2,1H3. The summed E-state index contributed by atoms with van der Waals surface area (Å²) in [6.07, 6.45) is 7.73. The summed E-state index contributed by atoms with van der Waals surface area (Å²) in [5.74, 6) is 0.795. The van der Waals surface area contributed by atoms with Crippen molar-refractivity contribution < 1.29 is 4.79 Å². The SMILES string of the molecule is CCc1ccc(CC(=O)C2CCCCC2)cc1. The number of hydrogen-bond acceptors (Lipinski definition) is 1. The van der Waals surface area contributed by atoms with Gasteiger partial charge in [0.15, 0.2) is 0 Å². The Labute approximate surface area is 104 Å². The summed E-state index contributed by atoms with van der Waals surface area (Å²) < 4.78 is 0. The summed E-state index contributed by atoms with van der Waals surface area (Å²) in [7, 11) is 0. The molecule has 1 heteroatoms. The van der Waals surface area contributed by atoms with E-state index in [1.165, 1.54) is 30.4 Å². The monoisotopic (exact) mass is 230 g/mol. The van der Waals surface area contributed by atoms with Crippen molar-refractivity contribution in [1.82, 2.24) is 0 Å². The summed E-state index contributed by atoms with van der Waals surface area (Å²) >= 11 is 0. The van der Waals surface area contributed by atoms with E-state index in [2.05, 4.69) is 31.2 Å². The van der Waals surface area contributed by atoms with Crippen LogP contribution in [0, 0.1) is 5.92 Å². The van der Waals surface area contributed by atoms with Gasteiger partial charge in [-0.15, -0.1) is 0 Å². The van der Waals surface area contributed by atoms with Crippen molar-refractivity contribution in [3.05, 3.63) is 35.4 Å². The first-order valence-electron chi connectivity index (χ1n) is 6.90. The molecule has 2 rings (SSSR count). The molecule has 1 aromatic rings. The van der Waals surface area contributed by atoms with E-state index < -0.39 is 0 Å². The molecule has 0 unspecified atom stereocenters. The van der Waals surface area contributed by atoms with Crippen LogP contribution < -0.4 is 0 Å². The van der Waals surface area contributed by atoms with Gasteiger partial charge in [-0.3, -0.25) is 4.79 Å². The number of rotatable bonds is 4. The fraction of sp³-hybridized carbons (Fsp3) is 0.562. The molecule has 1 nitrogen and oxygen atoms in total. The molecule has 0 heterocycles. The highest BCUT2D eigenvalue weighted by atomic mass is 16.1. The van der Waals surface area contributed by atoms with E-state index >= 15 is 0 Å². The van der Waals surface area contributed by atoms with E-state index in [1.807, 2.05) is 0 Å². The van der Waals surface area contributed by atoms with E-state index in [4.69, 9.17) is 0 Å². The maximum absolute atomic E-state index is 12.1. The molecule has 1 aliphatic rings. The lowest BCUT2D eigenvalue weighted by Crippen LogP contribution is -2.19. The van der Waals surface area contributed by atoms with Crippen LogP contribution in [-0.2, 0) is 17.6 Å². The fourth-order valence-corrected chi connectivity index (χ4v) is 2.66. The Morgan fingerprint density at radius 3 is 2.24 bits per heavy atom. The first kappa shape index (κ1) is 12.3. The Morgan fingerprint density at radius 2 is 1.65 bits per heavy atom. The van der Waals surface area contributed by atoms with E-state index in [1.54, 1.807) is 0 Å². The van der Waals surface area contributed by atoms with Crippen molar-refractivity contribution >= 4 is 5.78 Å². The van der Waals surface area contributed by atoms with Crippen molar-refractivity contribution in [2.45, 2.75) is 51.9 Å². The van der Waals surface area contributed by atoms with Gasteiger partial charge in [0, 0.05) is 12.3 Å². The maximum atomic E-state index is 12.1. The molecule has 0 aliphatic heterocycles. The Hall–Kier alpha value is -1.11. The fourth-order valence-electron chi connectivity index (χ4n) is 2.66. The summed E-state index contributed by atoms with van der Waals surface area (Å²) in [5, 5.41) is 0. The minimum absolute atomic E-state index is 0.342. The number of carbonyl (C=O) groups excluding carboxylic acids is 1. The third-order valence-corrected chi connectivity index (χ3v) is 3.87. The zero-order valence-electron chi connectivity index (χ0n) is 10.7. The summed E-state index contributed by atoms with van der Waals surface area (Å²) in [6, 6.07) is 8.51. The minimum atomic E-state index is 0.342. The lowest BCUT2D eigenvalue weighted by molar-refractivity contribution is -0.123. The lowest BCUT2D eigenvalue weighted by atomic mass is 9.84. The lowest BCUT2D eigenvalue weighted by Gasteiger charge is -2.20. The second kappa shape index (κ2) is 6.00. The Bertz CT molecular complexity index is 358. The number of benzene rings is 1. The second-order valence-corrected chi connectivity index (χ2v) is 5.15. The van der Waals surface area contributed by atoms with Crippen molar-refractivity contribution in [3.8, 4) is 0 Å². The largest absolute Gasteiger partial charge is 0.299 e. The van der Waals surface area contributed by atoms with Crippen LogP contribution in [0.5, 0.6) is 0 Å². The molecule has 0 amide bonds. The molecule has 0 atom stereocenters. The molecule has 1 saturated carbocycles. The van der Waals surface area contributed by atoms with Crippen molar-refractivity contribution in [2.24, 2.45) is 5.92 Å². The smallest absolute Gasteiger partial charge is 0.140 e. The zero-order chi connectivity index (χ0) is 12.1. The molecule has 0 spiro atoms. The van der Waals surface area contributed by atoms with Crippen LogP contribution in [0.25, 0.3) is 0 Å². The first-order chi connectivity index (χ1) is 8.29. The molecular weight excluding hydrogens is 208 g/mol. The van der Waals surface area contributed by atoms with Crippen LogP contribution in [0.15, 0.2) is 24.3 Å². The van der Waals surface area contributed by atoms with Crippen LogP contribution in [0.2, 0.25) is 0 Å². The molecule has 0 bridgehead atoms. The van der Waals surface area contributed by atoms with Crippen LogP contribution >= 0.6 is 0 Å². The topological polar surface area (TPSA) is 17.1 Å². The number of ketones is 1. The third-order valence-electron chi connectivity index (χ3n) is 3.87. The molecule has 1 aromatic carbocycles. The average Bonchev–Trinajstić information content (AvgIpc) is 2.40. The molecule has 17 heavy (non-hydrogen) atoms. The van der Waals surface area contributed by atoms with Gasteiger partial charge in [0.2, 0.25) is 0 Å². The Kier molecular flexibility index (Phi) is 4.36. The molecule has 0 aromatic heterocycles. The van der Waals surface area contributed by atoms with Gasteiger partial charge in [-0.2, -0.15) is 0 Å². The number of Topliss-reactive ketones (excluding diaryl/α,β-unsaturated/α-hetero) is 1. The predicted molar refractivity (Wildman–Crippen MR) is 71.1 cm³/mol. The molecule has 1 aliphatic carbocycles. The molecule has 92 valence electrons. The number of aryl methyl sites for hydroxylation is 1. The van der Waals surface area contributed by atoms with E-state index in [9.17, 15) is 4.79 Å². The molecular formula is C16H22O. The normalized spacial score (nSPS) is 17.0. The van der Waals surface area contributed by atoms with E-state index in [-0.39, 0.29) is 0 Å². The highest BCUT2D eigenvalue weighted by Crippen LogP contribution is 2.25. The molecule has 0 saturated heterocycles. The summed E-state index contributed by atoms with van der Waals surface area (Å²) in [4.78, 5) is 12.1. The highest BCUT2D eigenvalue weighted by molar-refractivity contribution is 5.83. The summed E-state index contributed by atoms with van der Waals surface area (Å²) in [5.41, 5.74) is 2.52. The van der Waals surface area contributed by atoms with E-state index in [0.717, 1.165) is 19.3 Å². The third kappa shape index (κ3) is 3.42. The highest BCUT2D eigenvalue weighted by Gasteiger charge is 2.20. The number of hydrogen-bond donors (Lipinski definition) is 0. The quantitative estimate of drug-likeness (QED) is 0.765. The first-order valence-corrected chi connectivity index (χ1v) is 6.90. The van der Waals surface area contributed by atoms with Gasteiger partial charge in [-0.25, -0.2) is 0 Å². The van der Waals surface area contributed by atoms with Gasteiger partial charge >= 0.3 is 0 Å². The van der Waals surface area contributed by atoms with Crippen LogP contribution in [-0.4, -0.2) is 5.78 Å². The summed E-state index contributed by atoms with van der Waals surface area (Å²) in [6.45, 7) is 2.15. The second-order valence-electron chi connectivity index (χ2n) is 5.15. The van der Waals surface area contributed by atoms with Crippen molar-refractivity contribution in [1.29, 1.82) is 0 Å². The van der Waals surface area contributed by atoms with Crippen LogP contribution in [0.1, 0.15) is 50.2 Å². The number of carbonyl (C=O) groups is 1. The van der Waals surface area contributed by atoms with Crippen molar-refractivity contribution in [3.63, 3.8) is 0 Å². The average molecular weight is 230 g/mol. The van der Waals surface area contributed by atoms with E-state index in [0.29, 0.717) is 18.1 Å². The van der Waals surface area contributed by atoms with Crippen LogP contribution in [0.4, 0.5) is 0 Å². The van der Waals surface area contributed by atoms with Crippen molar-refractivity contribution in [2.75, 3.05) is 0 Å². The molecule has 0 N–H and O–H groups in total. The van der Waals surface area contributed by atoms with Gasteiger partial charge in [0.25, 0.3) is 0 Å². The van der Waals surface area contributed by atoms with Gasteiger partial charge < -0.3 is 0 Å². The Balaban J connectivity index is 1.92. The molecule has 0 radical (unpaired) electrons. The zero-order valence-corrected chi connectivity index (χ0v) is 10.7. The predicted octanol–water partition coefficient (Wildman–Crippen LogP) is 3.94. The van der Waals surface area contributed by atoms with Gasteiger partial charge in [-0.05, 0) is 30.4 Å². The van der Waals surface area contributed by atoms with Crippen LogP contribution in [0.3, 0.4) is 0 Å². The minimum Gasteiger partial charge on any atom is -0.299 e. The van der Waals surface area contributed by atoms with Gasteiger partial charge in [-0.1, -0.05) is 50.5 Å².